The third kappa shape index (κ3) is 3.48. The fourth-order valence-corrected chi connectivity index (χ4v) is 2.27. The number of benzene rings is 2. The van der Waals surface area contributed by atoms with Gasteiger partial charge in [-0.05, 0) is 24.3 Å². The van der Waals surface area contributed by atoms with E-state index in [0.717, 1.165) is 0 Å². The summed E-state index contributed by atoms with van der Waals surface area (Å²) in [5.41, 5.74) is -0.867. The van der Waals surface area contributed by atoms with Crippen molar-refractivity contribution >= 4 is 28.4 Å². The van der Waals surface area contributed by atoms with E-state index in [9.17, 15) is 24.5 Å². The van der Waals surface area contributed by atoms with Crippen molar-refractivity contribution in [3.8, 4) is 0 Å². The number of fused-ring (bicyclic) bond motifs is 1. The van der Waals surface area contributed by atoms with Gasteiger partial charge >= 0.3 is 11.6 Å². The maximum atomic E-state index is 12.1. The van der Waals surface area contributed by atoms with Crippen LogP contribution in [-0.4, -0.2) is 23.3 Å². The number of nitro groups is 1. The lowest BCUT2D eigenvalue weighted by Gasteiger charge is -2.04. The molecule has 0 N–H and O–H groups in total. The SMILES string of the molecule is O=C(COC(=O)c1cc2ccccc2oc1=O)c1ccc([N+](=O)[O-])cc1. The van der Waals surface area contributed by atoms with E-state index in [0.29, 0.717) is 11.0 Å². The first-order valence-corrected chi connectivity index (χ1v) is 7.43. The van der Waals surface area contributed by atoms with Crippen molar-refractivity contribution in [1.82, 2.24) is 0 Å². The number of hydrogen-bond donors (Lipinski definition) is 0. The largest absolute Gasteiger partial charge is 0.453 e. The predicted octanol–water partition coefficient (Wildman–Crippen LogP) is 2.74. The number of nitrogens with zero attached hydrogens (tertiary/aromatic N) is 1. The fraction of sp³-hybridized carbons (Fsp3) is 0.0556. The molecule has 2 aromatic carbocycles. The topological polar surface area (TPSA) is 117 Å². The number of hydrogen-bond acceptors (Lipinski definition) is 7. The Bertz CT molecular complexity index is 1070. The molecule has 1 aromatic heterocycles. The first-order chi connectivity index (χ1) is 12.5. The Morgan fingerprint density at radius 2 is 1.77 bits per heavy atom. The Morgan fingerprint density at radius 3 is 2.46 bits per heavy atom. The number of carbonyl (C=O) groups is 2. The highest BCUT2D eigenvalue weighted by molar-refractivity contribution is 6.00. The summed E-state index contributed by atoms with van der Waals surface area (Å²) >= 11 is 0. The van der Waals surface area contributed by atoms with Crippen molar-refractivity contribution in [3.63, 3.8) is 0 Å². The van der Waals surface area contributed by atoms with Crippen LogP contribution < -0.4 is 5.63 Å². The number of non-ortho nitro benzene ring substituents is 1. The summed E-state index contributed by atoms with van der Waals surface area (Å²) in [6.45, 7) is -0.608. The summed E-state index contributed by atoms with van der Waals surface area (Å²) in [6.07, 6.45) is 0. The van der Waals surface area contributed by atoms with Gasteiger partial charge in [-0.15, -0.1) is 0 Å². The molecule has 0 unspecified atom stereocenters. The average molecular weight is 353 g/mol. The standard InChI is InChI=1S/C18H11NO7/c20-15(11-5-7-13(8-6-11)19(23)24)10-25-17(21)14-9-12-3-1-2-4-16(12)26-18(14)22/h1-9H,10H2. The number of para-hydroxylation sites is 1. The molecule has 8 nitrogen and oxygen atoms in total. The second-order valence-electron chi connectivity index (χ2n) is 5.29. The molecular formula is C18H11NO7. The summed E-state index contributed by atoms with van der Waals surface area (Å²) in [5, 5.41) is 11.1. The third-order valence-electron chi connectivity index (χ3n) is 3.60. The Morgan fingerprint density at radius 1 is 1.08 bits per heavy atom. The van der Waals surface area contributed by atoms with Gasteiger partial charge in [0.05, 0.1) is 4.92 Å². The summed E-state index contributed by atoms with van der Waals surface area (Å²) in [4.78, 5) is 46.0. The lowest BCUT2D eigenvalue weighted by molar-refractivity contribution is -0.384. The first kappa shape index (κ1) is 17.0. The van der Waals surface area contributed by atoms with Crippen molar-refractivity contribution in [3.05, 3.63) is 86.3 Å². The van der Waals surface area contributed by atoms with Crippen molar-refractivity contribution in [2.75, 3.05) is 6.61 Å². The molecule has 26 heavy (non-hydrogen) atoms. The van der Waals surface area contributed by atoms with Gasteiger partial charge in [0, 0.05) is 23.1 Å². The number of ether oxygens (including phenoxy) is 1. The molecule has 1 heterocycles. The van der Waals surface area contributed by atoms with E-state index in [4.69, 9.17) is 9.15 Å². The smallest absolute Gasteiger partial charge is 0.351 e. The van der Waals surface area contributed by atoms with Crippen LogP contribution in [0.25, 0.3) is 11.0 Å². The molecule has 0 radical (unpaired) electrons. The Balaban J connectivity index is 1.72. The molecule has 0 saturated carbocycles. The summed E-state index contributed by atoms with van der Waals surface area (Å²) in [7, 11) is 0. The van der Waals surface area contributed by atoms with Crippen LogP contribution in [0.4, 0.5) is 5.69 Å². The van der Waals surface area contributed by atoms with Gasteiger partial charge in [0.25, 0.3) is 5.69 Å². The zero-order valence-corrected chi connectivity index (χ0v) is 13.2. The van der Waals surface area contributed by atoms with Crippen molar-refractivity contribution in [2.45, 2.75) is 0 Å². The van der Waals surface area contributed by atoms with Gasteiger partial charge in [0.2, 0.25) is 0 Å². The van der Waals surface area contributed by atoms with Gasteiger partial charge in [0.1, 0.15) is 11.1 Å². The Labute approximate surface area is 145 Å². The first-order valence-electron chi connectivity index (χ1n) is 7.43. The highest BCUT2D eigenvalue weighted by atomic mass is 16.6. The number of carbonyl (C=O) groups excluding carboxylic acids is 2. The van der Waals surface area contributed by atoms with E-state index >= 15 is 0 Å². The minimum atomic E-state index is -0.986. The normalized spacial score (nSPS) is 10.5. The number of ketones is 1. The lowest BCUT2D eigenvalue weighted by atomic mass is 10.1. The van der Waals surface area contributed by atoms with E-state index in [1.54, 1.807) is 24.3 Å². The number of rotatable bonds is 5. The molecule has 0 saturated heterocycles. The average Bonchev–Trinajstić information content (AvgIpc) is 2.65. The number of esters is 1. The van der Waals surface area contributed by atoms with Gasteiger partial charge in [-0.2, -0.15) is 0 Å². The molecule has 0 aliphatic heterocycles. The highest BCUT2D eigenvalue weighted by Crippen LogP contribution is 2.14. The van der Waals surface area contributed by atoms with Gasteiger partial charge in [-0.1, -0.05) is 18.2 Å². The maximum Gasteiger partial charge on any atom is 0.351 e. The van der Waals surface area contributed by atoms with E-state index in [1.807, 2.05) is 0 Å². The molecular weight excluding hydrogens is 342 g/mol. The van der Waals surface area contributed by atoms with Crippen LogP contribution in [0.15, 0.2) is 63.8 Å². The van der Waals surface area contributed by atoms with Crippen LogP contribution >= 0.6 is 0 Å². The molecule has 0 amide bonds. The predicted molar refractivity (Wildman–Crippen MR) is 90.2 cm³/mol. The van der Waals surface area contributed by atoms with Crippen LogP contribution in [0.5, 0.6) is 0 Å². The Kier molecular flexibility index (Phi) is 4.57. The van der Waals surface area contributed by atoms with E-state index in [-0.39, 0.29) is 16.8 Å². The molecule has 3 rings (SSSR count). The molecule has 8 heteroatoms. The molecule has 0 fully saturated rings. The van der Waals surface area contributed by atoms with Gasteiger partial charge in [0.15, 0.2) is 12.4 Å². The lowest BCUT2D eigenvalue weighted by Crippen LogP contribution is -2.20. The number of nitro benzene ring substituents is 1. The monoisotopic (exact) mass is 353 g/mol. The molecule has 3 aromatic rings. The van der Waals surface area contributed by atoms with Crippen LogP contribution in [0, 0.1) is 10.1 Å². The molecule has 0 spiro atoms. The van der Waals surface area contributed by atoms with Crippen molar-refractivity contribution < 1.29 is 23.7 Å². The fourth-order valence-electron chi connectivity index (χ4n) is 2.27. The van der Waals surface area contributed by atoms with E-state index in [2.05, 4.69) is 0 Å². The zero-order chi connectivity index (χ0) is 18.7. The van der Waals surface area contributed by atoms with Crippen molar-refractivity contribution in [1.29, 1.82) is 0 Å². The van der Waals surface area contributed by atoms with E-state index < -0.39 is 28.9 Å². The van der Waals surface area contributed by atoms with Gasteiger partial charge in [-0.3, -0.25) is 14.9 Å². The summed E-state index contributed by atoms with van der Waals surface area (Å²) in [5.74, 6) is -1.54. The van der Waals surface area contributed by atoms with Crippen LogP contribution in [0.3, 0.4) is 0 Å². The zero-order valence-electron chi connectivity index (χ0n) is 13.2. The molecule has 0 aliphatic carbocycles. The van der Waals surface area contributed by atoms with Crippen LogP contribution in [0.1, 0.15) is 20.7 Å². The summed E-state index contributed by atoms with van der Waals surface area (Å²) < 4.78 is 9.91. The van der Waals surface area contributed by atoms with Gasteiger partial charge in [-0.25, -0.2) is 9.59 Å². The number of Topliss-reactive ketones (excluding diaryl/α,β-unsaturated/α-hetero) is 1. The van der Waals surface area contributed by atoms with Gasteiger partial charge < -0.3 is 9.15 Å². The van der Waals surface area contributed by atoms with Crippen LogP contribution in [0.2, 0.25) is 0 Å². The second kappa shape index (κ2) is 6.98. The van der Waals surface area contributed by atoms with E-state index in [1.165, 1.54) is 30.3 Å². The molecule has 0 bridgehead atoms. The minimum absolute atomic E-state index is 0.147. The van der Waals surface area contributed by atoms with Crippen molar-refractivity contribution in [2.24, 2.45) is 0 Å². The highest BCUT2D eigenvalue weighted by Gasteiger charge is 2.17. The second-order valence-corrected chi connectivity index (χ2v) is 5.29. The van der Waals surface area contributed by atoms with Crippen LogP contribution in [-0.2, 0) is 4.74 Å². The summed E-state index contributed by atoms with van der Waals surface area (Å²) in [6, 6.07) is 12.9. The maximum absolute atomic E-state index is 12.1. The Hall–Kier alpha value is -3.81. The molecule has 0 aliphatic rings. The molecule has 0 atom stereocenters. The minimum Gasteiger partial charge on any atom is -0.453 e. The molecule has 130 valence electrons. The third-order valence-corrected chi connectivity index (χ3v) is 3.60. The quantitative estimate of drug-likeness (QED) is 0.227.